The lowest BCUT2D eigenvalue weighted by molar-refractivity contribution is -0.141. The van der Waals surface area contributed by atoms with Crippen LogP contribution in [0, 0.1) is 19.8 Å². The summed E-state index contributed by atoms with van der Waals surface area (Å²) in [6.45, 7) is 3.58. The minimum atomic E-state index is -1.02. The number of aryl methyl sites for hydroxylation is 2. The molecule has 3 N–H and O–H groups in total. The molecule has 0 saturated carbocycles. The van der Waals surface area contributed by atoms with E-state index in [0.717, 1.165) is 16.7 Å². The Hall–Kier alpha value is -3.35. The number of nitrogens with one attached hydrogen (secondary N) is 2. The van der Waals surface area contributed by atoms with E-state index in [1.807, 2.05) is 19.9 Å². The lowest BCUT2D eigenvalue weighted by Gasteiger charge is -2.15. The molecule has 0 heterocycles. The molecule has 0 fully saturated rings. The Balaban J connectivity index is 1.87. The number of hydrogen-bond acceptors (Lipinski definition) is 4. The minimum Gasteiger partial charge on any atom is -0.496 e. The molecule has 0 radical (unpaired) electrons. The molecule has 0 bridgehead atoms. The predicted molar refractivity (Wildman–Crippen MR) is 109 cm³/mol. The number of methoxy groups -OCH3 is 1. The number of benzene rings is 2. The lowest BCUT2D eigenvalue weighted by atomic mass is 9.98. The van der Waals surface area contributed by atoms with Crippen LogP contribution in [0.4, 0.5) is 0 Å². The second-order valence-corrected chi connectivity index (χ2v) is 6.84. The van der Waals surface area contributed by atoms with Gasteiger partial charge in [-0.3, -0.25) is 14.4 Å². The Morgan fingerprint density at radius 1 is 1.03 bits per heavy atom. The molecule has 0 aliphatic rings. The summed E-state index contributed by atoms with van der Waals surface area (Å²) in [4.78, 5) is 35.8. The first-order valence-electron chi connectivity index (χ1n) is 9.28. The van der Waals surface area contributed by atoms with Gasteiger partial charge in [-0.2, -0.15) is 0 Å². The molecule has 0 aliphatic heterocycles. The molecule has 2 aromatic carbocycles. The molecule has 0 aliphatic carbocycles. The molecule has 0 saturated heterocycles. The fraction of sp³-hybridized carbons (Fsp3) is 0.318. The molecule has 2 rings (SSSR count). The van der Waals surface area contributed by atoms with Crippen molar-refractivity contribution < 1.29 is 24.2 Å². The van der Waals surface area contributed by atoms with E-state index >= 15 is 0 Å². The maximum Gasteiger partial charge on any atom is 0.308 e. The van der Waals surface area contributed by atoms with E-state index in [4.69, 9.17) is 4.74 Å². The van der Waals surface area contributed by atoms with E-state index in [9.17, 15) is 19.5 Å². The van der Waals surface area contributed by atoms with E-state index in [0.29, 0.717) is 11.3 Å². The monoisotopic (exact) mass is 398 g/mol. The average Bonchev–Trinajstić information content (AvgIpc) is 2.71. The molecular weight excluding hydrogens is 372 g/mol. The average molecular weight is 398 g/mol. The predicted octanol–water partition coefficient (Wildman–Crippen LogP) is 2.10. The summed E-state index contributed by atoms with van der Waals surface area (Å²) in [5.74, 6) is -2.03. The zero-order valence-electron chi connectivity index (χ0n) is 16.8. The summed E-state index contributed by atoms with van der Waals surface area (Å²) >= 11 is 0. The molecule has 2 aromatic rings. The second kappa shape index (κ2) is 10.3. The standard InChI is InChI=1S/C22H26N2O5/c1-14-8-9-17(10-15(14)2)21(26)24-13-20(25)23-12-18(22(27)28)11-16-6-4-5-7-19(16)29-3/h4-10,18H,11-13H2,1-3H3,(H,23,25)(H,24,26)(H,27,28). The molecule has 0 aromatic heterocycles. The smallest absolute Gasteiger partial charge is 0.308 e. The summed E-state index contributed by atoms with van der Waals surface area (Å²) < 4.78 is 5.25. The SMILES string of the molecule is COc1ccccc1CC(CNC(=O)CNC(=O)c1ccc(C)c(C)c1)C(=O)O. The van der Waals surface area contributed by atoms with Gasteiger partial charge in [0.25, 0.3) is 5.91 Å². The van der Waals surface area contributed by atoms with Gasteiger partial charge >= 0.3 is 5.97 Å². The number of ether oxygens (including phenoxy) is 1. The first-order chi connectivity index (χ1) is 13.8. The maximum absolute atomic E-state index is 12.2. The van der Waals surface area contributed by atoms with E-state index in [1.165, 1.54) is 7.11 Å². The summed E-state index contributed by atoms with van der Waals surface area (Å²) in [5.41, 5.74) is 3.29. The van der Waals surface area contributed by atoms with E-state index in [-0.39, 0.29) is 25.4 Å². The van der Waals surface area contributed by atoms with Crippen molar-refractivity contribution in [2.75, 3.05) is 20.2 Å². The highest BCUT2D eigenvalue weighted by Gasteiger charge is 2.21. The van der Waals surface area contributed by atoms with Crippen molar-refractivity contribution in [2.45, 2.75) is 20.3 Å². The van der Waals surface area contributed by atoms with Crippen molar-refractivity contribution in [3.8, 4) is 5.75 Å². The summed E-state index contributed by atoms with van der Waals surface area (Å²) in [6, 6.07) is 12.5. The highest BCUT2D eigenvalue weighted by Crippen LogP contribution is 2.21. The van der Waals surface area contributed by atoms with E-state index in [2.05, 4.69) is 10.6 Å². The van der Waals surface area contributed by atoms with Crippen molar-refractivity contribution >= 4 is 17.8 Å². The third-order valence-electron chi connectivity index (χ3n) is 4.73. The Morgan fingerprint density at radius 3 is 2.41 bits per heavy atom. The summed E-state index contributed by atoms with van der Waals surface area (Å²) in [6.07, 6.45) is 0.217. The Kier molecular flexibility index (Phi) is 7.77. The minimum absolute atomic E-state index is 0.0499. The highest BCUT2D eigenvalue weighted by molar-refractivity contribution is 5.96. The Morgan fingerprint density at radius 2 is 1.76 bits per heavy atom. The van der Waals surface area contributed by atoms with Crippen molar-refractivity contribution in [3.63, 3.8) is 0 Å². The molecule has 1 atom stereocenters. The van der Waals surface area contributed by atoms with E-state index in [1.54, 1.807) is 36.4 Å². The molecule has 29 heavy (non-hydrogen) atoms. The van der Waals surface area contributed by atoms with Crippen molar-refractivity contribution in [2.24, 2.45) is 5.92 Å². The van der Waals surface area contributed by atoms with Crippen LogP contribution in [0.25, 0.3) is 0 Å². The van der Waals surface area contributed by atoms with E-state index < -0.39 is 17.8 Å². The summed E-state index contributed by atoms with van der Waals surface area (Å²) in [5, 5.41) is 14.6. The number of rotatable bonds is 9. The Bertz CT molecular complexity index is 895. The largest absolute Gasteiger partial charge is 0.496 e. The van der Waals surface area contributed by atoms with Gasteiger partial charge in [-0.15, -0.1) is 0 Å². The fourth-order valence-corrected chi connectivity index (χ4v) is 2.83. The number of carbonyl (C=O) groups is 3. The molecule has 7 nitrogen and oxygen atoms in total. The first-order valence-corrected chi connectivity index (χ1v) is 9.28. The van der Waals surface area contributed by atoms with Crippen LogP contribution in [0.3, 0.4) is 0 Å². The molecular formula is C22H26N2O5. The topological polar surface area (TPSA) is 105 Å². The summed E-state index contributed by atoms with van der Waals surface area (Å²) in [7, 11) is 1.52. The number of carbonyl (C=O) groups excluding carboxylic acids is 2. The number of hydrogen-bond donors (Lipinski definition) is 3. The molecule has 7 heteroatoms. The van der Waals surface area contributed by atoms with Gasteiger partial charge in [0.15, 0.2) is 0 Å². The number of carboxylic acids is 1. The molecule has 2 amide bonds. The zero-order valence-corrected chi connectivity index (χ0v) is 16.8. The van der Waals surface area contributed by atoms with Crippen LogP contribution >= 0.6 is 0 Å². The van der Waals surface area contributed by atoms with Gasteiger partial charge in [0.2, 0.25) is 5.91 Å². The maximum atomic E-state index is 12.2. The number of aliphatic carboxylic acids is 1. The van der Waals surface area contributed by atoms with Crippen LogP contribution in [-0.2, 0) is 16.0 Å². The van der Waals surface area contributed by atoms with Crippen LogP contribution in [0.1, 0.15) is 27.0 Å². The molecule has 154 valence electrons. The molecule has 1 unspecified atom stereocenters. The third kappa shape index (κ3) is 6.34. The van der Waals surface area contributed by atoms with Gasteiger partial charge in [0.05, 0.1) is 19.6 Å². The first kappa shape index (κ1) is 21.9. The zero-order chi connectivity index (χ0) is 21.4. The lowest BCUT2D eigenvalue weighted by Crippen LogP contribution is -2.40. The number of amides is 2. The van der Waals surface area contributed by atoms with Gasteiger partial charge in [-0.1, -0.05) is 24.3 Å². The number of para-hydroxylation sites is 1. The van der Waals surface area contributed by atoms with Gasteiger partial charge < -0.3 is 20.5 Å². The number of carboxylic acid groups (broad SMARTS) is 1. The van der Waals surface area contributed by atoms with Crippen LogP contribution in [-0.4, -0.2) is 43.1 Å². The van der Waals surface area contributed by atoms with Crippen molar-refractivity contribution in [1.29, 1.82) is 0 Å². The van der Waals surface area contributed by atoms with Crippen LogP contribution in [0.15, 0.2) is 42.5 Å². The highest BCUT2D eigenvalue weighted by atomic mass is 16.5. The van der Waals surface area contributed by atoms with Gasteiger partial charge in [-0.05, 0) is 55.2 Å². The van der Waals surface area contributed by atoms with Crippen molar-refractivity contribution in [3.05, 3.63) is 64.7 Å². The molecule has 0 spiro atoms. The van der Waals surface area contributed by atoms with Crippen LogP contribution < -0.4 is 15.4 Å². The van der Waals surface area contributed by atoms with Crippen LogP contribution in [0.2, 0.25) is 0 Å². The van der Waals surface area contributed by atoms with Gasteiger partial charge in [0, 0.05) is 12.1 Å². The quantitative estimate of drug-likeness (QED) is 0.600. The van der Waals surface area contributed by atoms with Crippen LogP contribution in [0.5, 0.6) is 5.75 Å². The third-order valence-corrected chi connectivity index (χ3v) is 4.73. The van der Waals surface area contributed by atoms with Gasteiger partial charge in [-0.25, -0.2) is 0 Å². The van der Waals surface area contributed by atoms with Crippen molar-refractivity contribution in [1.82, 2.24) is 10.6 Å². The second-order valence-electron chi connectivity index (χ2n) is 6.84. The Labute approximate surface area is 170 Å². The van der Waals surface area contributed by atoms with Gasteiger partial charge in [0.1, 0.15) is 5.75 Å². The normalized spacial score (nSPS) is 11.4. The fourth-order valence-electron chi connectivity index (χ4n) is 2.83.